The molecule has 2 aromatic rings. The maximum Gasteiger partial charge on any atom is 0.198 e. The number of aromatic nitrogens is 4. The number of hydrogen-bond donors (Lipinski definition) is 0. The third-order valence-electron chi connectivity index (χ3n) is 2.98. The number of nitrogens with zero attached hydrogens (tertiary/aromatic N) is 4. The number of rotatable bonds is 1. The molecule has 1 aliphatic rings. The molecule has 0 aromatic carbocycles. The zero-order chi connectivity index (χ0) is 11.2. The van der Waals surface area contributed by atoms with Gasteiger partial charge in [0.15, 0.2) is 16.6 Å². The first-order chi connectivity index (χ1) is 7.71. The van der Waals surface area contributed by atoms with Crippen LogP contribution in [-0.2, 0) is 10.3 Å². The van der Waals surface area contributed by atoms with E-state index in [1.807, 2.05) is 17.5 Å². The van der Waals surface area contributed by atoms with Crippen molar-refractivity contribution in [2.75, 3.05) is 6.61 Å². The van der Waals surface area contributed by atoms with Crippen molar-refractivity contribution in [3.63, 3.8) is 0 Å². The Morgan fingerprint density at radius 3 is 3.12 bits per heavy atom. The number of fused-ring (bicyclic) bond motifs is 1. The van der Waals surface area contributed by atoms with Crippen molar-refractivity contribution in [2.24, 2.45) is 0 Å². The highest BCUT2D eigenvalue weighted by Gasteiger charge is 2.36. The molecular weight excluding hydrogens is 228 g/mol. The molecule has 0 bridgehead atoms. The minimum atomic E-state index is -0.357. The van der Waals surface area contributed by atoms with Gasteiger partial charge in [0.05, 0.1) is 0 Å². The SMILES string of the molecule is CC1(c2nnc3c(Cl)nccn23)CCCO1. The van der Waals surface area contributed by atoms with Crippen LogP contribution >= 0.6 is 11.6 Å². The summed E-state index contributed by atoms with van der Waals surface area (Å²) in [6, 6.07) is 0. The van der Waals surface area contributed by atoms with Gasteiger partial charge in [-0.3, -0.25) is 4.40 Å². The summed E-state index contributed by atoms with van der Waals surface area (Å²) in [6.07, 6.45) is 5.45. The Labute approximate surface area is 97.4 Å². The predicted molar refractivity (Wildman–Crippen MR) is 58.3 cm³/mol. The second kappa shape index (κ2) is 3.40. The van der Waals surface area contributed by atoms with Crippen LogP contribution < -0.4 is 0 Å². The van der Waals surface area contributed by atoms with Crippen molar-refractivity contribution < 1.29 is 4.74 Å². The summed E-state index contributed by atoms with van der Waals surface area (Å²) in [7, 11) is 0. The van der Waals surface area contributed by atoms with E-state index in [1.165, 1.54) is 0 Å². The molecule has 5 nitrogen and oxygen atoms in total. The van der Waals surface area contributed by atoms with E-state index < -0.39 is 0 Å². The van der Waals surface area contributed by atoms with Crippen molar-refractivity contribution >= 4 is 17.2 Å². The molecule has 0 aliphatic carbocycles. The first-order valence-corrected chi connectivity index (χ1v) is 5.58. The van der Waals surface area contributed by atoms with Gasteiger partial charge in [-0.15, -0.1) is 10.2 Å². The minimum Gasteiger partial charge on any atom is -0.367 e. The van der Waals surface area contributed by atoms with Gasteiger partial charge in [-0.25, -0.2) is 4.98 Å². The van der Waals surface area contributed by atoms with Crippen LogP contribution in [0.25, 0.3) is 5.65 Å². The largest absolute Gasteiger partial charge is 0.367 e. The Kier molecular flexibility index (Phi) is 2.12. The van der Waals surface area contributed by atoms with E-state index in [0.29, 0.717) is 10.8 Å². The molecule has 1 fully saturated rings. The maximum atomic E-state index is 5.95. The maximum absolute atomic E-state index is 5.95. The van der Waals surface area contributed by atoms with E-state index in [-0.39, 0.29) is 5.60 Å². The van der Waals surface area contributed by atoms with Crippen molar-refractivity contribution in [2.45, 2.75) is 25.4 Å². The summed E-state index contributed by atoms with van der Waals surface area (Å²) in [4.78, 5) is 3.97. The molecule has 1 unspecified atom stereocenters. The van der Waals surface area contributed by atoms with E-state index in [9.17, 15) is 0 Å². The summed E-state index contributed by atoms with van der Waals surface area (Å²) < 4.78 is 7.59. The lowest BCUT2D eigenvalue weighted by Crippen LogP contribution is -2.23. The zero-order valence-electron chi connectivity index (χ0n) is 8.85. The van der Waals surface area contributed by atoms with Gasteiger partial charge in [-0.1, -0.05) is 11.6 Å². The zero-order valence-corrected chi connectivity index (χ0v) is 9.61. The van der Waals surface area contributed by atoms with Gasteiger partial charge in [0.25, 0.3) is 0 Å². The third-order valence-corrected chi connectivity index (χ3v) is 3.24. The fourth-order valence-corrected chi connectivity index (χ4v) is 2.30. The quantitative estimate of drug-likeness (QED) is 0.760. The lowest BCUT2D eigenvalue weighted by atomic mass is 10.0. The molecule has 1 aliphatic heterocycles. The van der Waals surface area contributed by atoms with E-state index in [2.05, 4.69) is 15.2 Å². The fourth-order valence-electron chi connectivity index (χ4n) is 2.11. The molecule has 0 saturated carbocycles. The van der Waals surface area contributed by atoms with Crippen molar-refractivity contribution in [3.8, 4) is 0 Å². The van der Waals surface area contributed by atoms with Crippen LogP contribution in [0.2, 0.25) is 5.15 Å². The van der Waals surface area contributed by atoms with Gasteiger partial charge in [-0.05, 0) is 19.8 Å². The average Bonchev–Trinajstić information content (AvgIpc) is 2.85. The van der Waals surface area contributed by atoms with E-state index in [1.54, 1.807) is 6.20 Å². The molecule has 16 heavy (non-hydrogen) atoms. The molecule has 3 heterocycles. The van der Waals surface area contributed by atoms with E-state index in [4.69, 9.17) is 16.3 Å². The lowest BCUT2D eigenvalue weighted by molar-refractivity contribution is 0.00853. The molecule has 0 radical (unpaired) electrons. The molecule has 6 heteroatoms. The normalized spacial score (nSPS) is 25.4. The topological polar surface area (TPSA) is 52.3 Å². The van der Waals surface area contributed by atoms with E-state index in [0.717, 1.165) is 25.3 Å². The second-order valence-corrected chi connectivity index (χ2v) is 4.48. The first kappa shape index (κ1) is 9.99. The van der Waals surface area contributed by atoms with Crippen LogP contribution in [-0.4, -0.2) is 26.2 Å². The summed E-state index contributed by atoms with van der Waals surface area (Å²) >= 11 is 5.95. The summed E-state index contributed by atoms with van der Waals surface area (Å²) in [5.41, 5.74) is 0.222. The van der Waals surface area contributed by atoms with E-state index >= 15 is 0 Å². The van der Waals surface area contributed by atoms with Crippen LogP contribution in [0.4, 0.5) is 0 Å². The molecule has 2 aromatic heterocycles. The van der Waals surface area contributed by atoms with Gasteiger partial charge >= 0.3 is 0 Å². The van der Waals surface area contributed by atoms with Crippen molar-refractivity contribution in [1.82, 2.24) is 19.6 Å². The molecule has 0 spiro atoms. The second-order valence-electron chi connectivity index (χ2n) is 4.12. The number of ether oxygens (including phenoxy) is 1. The molecule has 84 valence electrons. The van der Waals surface area contributed by atoms with Crippen molar-refractivity contribution in [3.05, 3.63) is 23.4 Å². The number of halogens is 1. The monoisotopic (exact) mass is 238 g/mol. The molecule has 0 N–H and O–H groups in total. The number of hydrogen-bond acceptors (Lipinski definition) is 4. The molecular formula is C10H11ClN4O. The van der Waals surface area contributed by atoms with Crippen LogP contribution in [0.1, 0.15) is 25.6 Å². The highest BCUT2D eigenvalue weighted by molar-refractivity contribution is 6.32. The first-order valence-electron chi connectivity index (χ1n) is 5.20. The summed E-state index contributed by atoms with van der Waals surface area (Å²) in [5, 5.41) is 8.58. The Bertz CT molecular complexity index is 533. The van der Waals surface area contributed by atoms with Gasteiger partial charge in [-0.2, -0.15) is 0 Å². The highest BCUT2D eigenvalue weighted by Crippen LogP contribution is 2.34. The van der Waals surface area contributed by atoms with Crippen molar-refractivity contribution in [1.29, 1.82) is 0 Å². The van der Waals surface area contributed by atoms with Crippen LogP contribution in [0.3, 0.4) is 0 Å². The summed E-state index contributed by atoms with van der Waals surface area (Å²) in [5.74, 6) is 0.796. The highest BCUT2D eigenvalue weighted by atomic mass is 35.5. The molecule has 1 atom stereocenters. The smallest absolute Gasteiger partial charge is 0.198 e. The minimum absolute atomic E-state index is 0.357. The van der Waals surface area contributed by atoms with Crippen LogP contribution in [0, 0.1) is 0 Å². The summed E-state index contributed by atoms with van der Waals surface area (Å²) in [6.45, 7) is 2.80. The average molecular weight is 239 g/mol. The van der Waals surface area contributed by atoms with Crippen LogP contribution in [0.5, 0.6) is 0 Å². The van der Waals surface area contributed by atoms with Gasteiger partial charge < -0.3 is 4.74 Å². The van der Waals surface area contributed by atoms with Gasteiger partial charge in [0.2, 0.25) is 0 Å². The Morgan fingerprint density at radius 1 is 1.50 bits per heavy atom. The molecule has 0 amide bonds. The fraction of sp³-hybridized carbons (Fsp3) is 0.500. The van der Waals surface area contributed by atoms with Crippen LogP contribution in [0.15, 0.2) is 12.4 Å². The predicted octanol–water partition coefficient (Wildman–Crippen LogP) is 1.80. The Hall–Kier alpha value is -1.20. The van der Waals surface area contributed by atoms with Gasteiger partial charge in [0.1, 0.15) is 5.60 Å². The lowest BCUT2D eigenvalue weighted by Gasteiger charge is -2.20. The molecule has 1 saturated heterocycles. The standard InChI is InChI=1S/C10H11ClN4O/c1-10(3-2-6-16-10)9-14-13-8-7(11)12-4-5-15(8)9/h4-5H,2-3,6H2,1H3. The Morgan fingerprint density at radius 2 is 2.38 bits per heavy atom. The van der Waals surface area contributed by atoms with Gasteiger partial charge in [0, 0.05) is 19.0 Å². The Balaban J connectivity index is 2.21. The third kappa shape index (κ3) is 1.32. The molecule has 3 rings (SSSR count).